The van der Waals surface area contributed by atoms with Gasteiger partial charge in [-0.15, -0.1) is 0 Å². The minimum atomic E-state index is -0.873. The molecule has 0 saturated heterocycles. The third-order valence-corrected chi connectivity index (χ3v) is 2.43. The molecule has 0 saturated carbocycles. The Hall–Kier alpha value is -1.10. The lowest BCUT2D eigenvalue weighted by atomic mass is 10.1. The number of nitrogens with two attached hydrogens (primary N) is 1. The molecule has 0 atom stereocenters. The Balaban J connectivity index is 3.51. The molecule has 0 aromatic heterocycles. The maximum Gasteiger partial charge on any atom is 0.305 e. The molecule has 1 amide bonds. The monoisotopic (exact) mass is 230 g/mol. The van der Waals surface area contributed by atoms with E-state index in [1.807, 2.05) is 0 Å². The number of hydrogen-bond acceptors (Lipinski definition) is 3. The standard InChI is InChI=1S/C11H22N2O3/c1-13(9-7-11(15)16)10(14)6-4-2-3-5-8-12/h2-9,12H2,1H3,(H,15,16). The Bertz CT molecular complexity index is 219. The molecular weight excluding hydrogens is 208 g/mol. The van der Waals surface area contributed by atoms with E-state index in [-0.39, 0.29) is 18.9 Å². The largest absolute Gasteiger partial charge is 0.481 e. The Labute approximate surface area is 96.6 Å². The zero-order valence-corrected chi connectivity index (χ0v) is 9.95. The van der Waals surface area contributed by atoms with Gasteiger partial charge in [-0.25, -0.2) is 0 Å². The van der Waals surface area contributed by atoms with E-state index in [1.165, 1.54) is 4.90 Å². The van der Waals surface area contributed by atoms with E-state index >= 15 is 0 Å². The maximum absolute atomic E-state index is 11.5. The number of hydrogen-bond donors (Lipinski definition) is 2. The number of aliphatic carboxylic acids is 1. The lowest BCUT2D eigenvalue weighted by molar-refractivity contribution is -0.138. The molecule has 3 N–H and O–H groups in total. The maximum atomic E-state index is 11.5. The number of carbonyl (C=O) groups is 2. The minimum Gasteiger partial charge on any atom is -0.481 e. The van der Waals surface area contributed by atoms with Crippen molar-refractivity contribution in [1.29, 1.82) is 0 Å². The summed E-state index contributed by atoms with van der Waals surface area (Å²) in [7, 11) is 1.64. The van der Waals surface area contributed by atoms with Gasteiger partial charge in [-0.2, -0.15) is 0 Å². The van der Waals surface area contributed by atoms with E-state index in [1.54, 1.807) is 7.05 Å². The van der Waals surface area contributed by atoms with Gasteiger partial charge in [-0.3, -0.25) is 9.59 Å². The van der Waals surface area contributed by atoms with Crippen molar-refractivity contribution in [2.45, 2.75) is 38.5 Å². The molecule has 0 aliphatic heterocycles. The summed E-state index contributed by atoms with van der Waals surface area (Å²) >= 11 is 0. The Morgan fingerprint density at radius 3 is 2.31 bits per heavy atom. The molecule has 0 fully saturated rings. The van der Waals surface area contributed by atoms with E-state index in [0.717, 1.165) is 25.7 Å². The van der Waals surface area contributed by atoms with E-state index < -0.39 is 5.97 Å². The Morgan fingerprint density at radius 1 is 1.12 bits per heavy atom. The number of carboxylic acid groups (broad SMARTS) is 1. The molecule has 0 aliphatic rings. The van der Waals surface area contributed by atoms with Crippen LogP contribution in [0.5, 0.6) is 0 Å². The first-order valence-electron chi connectivity index (χ1n) is 5.73. The third-order valence-electron chi connectivity index (χ3n) is 2.43. The molecule has 0 bridgehead atoms. The lowest BCUT2D eigenvalue weighted by Gasteiger charge is -2.15. The molecule has 0 spiro atoms. The van der Waals surface area contributed by atoms with Crippen LogP contribution < -0.4 is 5.73 Å². The van der Waals surface area contributed by atoms with Crippen LogP contribution >= 0.6 is 0 Å². The van der Waals surface area contributed by atoms with Crippen LogP contribution in [0, 0.1) is 0 Å². The van der Waals surface area contributed by atoms with Crippen LogP contribution in [-0.2, 0) is 9.59 Å². The number of amides is 1. The van der Waals surface area contributed by atoms with Crippen molar-refractivity contribution in [1.82, 2.24) is 4.90 Å². The summed E-state index contributed by atoms with van der Waals surface area (Å²) in [6.45, 7) is 0.990. The van der Waals surface area contributed by atoms with Gasteiger partial charge in [-0.1, -0.05) is 12.8 Å². The van der Waals surface area contributed by atoms with Crippen LogP contribution in [0.25, 0.3) is 0 Å². The van der Waals surface area contributed by atoms with Crippen molar-refractivity contribution in [3.63, 3.8) is 0 Å². The number of carboxylic acids is 1. The SMILES string of the molecule is CN(CCC(=O)O)C(=O)CCCCCCN. The number of rotatable bonds is 9. The lowest BCUT2D eigenvalue weighted by Crippen LogP contribution is -2.28. The zero-order valence-electron chi connectivity index (χ0n) is 9.95. The molecule has 0 aromatic carbocycles. The van der Waals surface area contributed by atoms with E-state index in [9.17, 15) is 9.59 Å². The quantitative estimate of drug-likeness (QED) is 0.575. The zero-order chi connectivity index (χ0) is 12.4. The predicted octanol–water partition coefficient (Wildman–Crippen LogP) is 0.829. The summed E-state index contributed by atoms with van der Waals surface area (Å²) in [6, 6.07) is 0. The normalized spacial score (nSPS) is 10.1. The highest BCUT2D eigenvalue weighted by Crippen LogP contribution is 2.04. The Kier molecular flexibility index (Phi) is 8.52. The average Bonchev–Trinajstić information content (AvgIpc) is 2.25. The summed E-state index contributed by atoms with van der Waals surface area (Å²) < 4.78 is 0. The van der Waals surface area contributed by atoms with Gasteiger partial charge in [0.25, 0.3) is 0 Å². The first-order chi connectivity index (χ1) is 7.57. The number of nitrogens with zero attached hydrogens (tertiary/aromatic N) is 1. The number of unbranched alkanes of at least 4 members (excludes halogenated alkanes) is 3. The van der Waals surface area contributed by atoms with Crippen molar-refractivity contribution < 1.29 is 14.7 Å². The van der Waals surface area contributed by atoms with Crippen LogP contribution in [0.2, 0.25) is 0 Å². The smallest absolute Gasteiger partial charge is 0.305 e. The second-order valence-electron chi connectivity index (χ2n) is 3.91. The second kappa shape index (κ2) is 9.15. The fourth-order valence-corrected chi connectivity index (χ4v) is 1.35. The summed E-state index contributed by atoms with van der Waals surface area (Å²) in [5.74, 6) is -0.850. The molecule has 16 heavy (non-hydrogen) atoms. The third kappa shape index (κ3) is 8.23. The van der Waals surface area contributed by atoms with Crippen molar-refractivity contribution in [3.05, 3.63) is 0 Å². The van der Waals surface area contributed by atoms with Crippen molar-refractivity contribution in [2.75, 3.05) is 20.1 Å². The van der Waals surface area contributed by atoms with Gasteiger partial charge in [0.1, 0.15) is 0 Å². The van der Waals surface area contributed by atoms with Gasteiger partial charge < -0.3 is 15.7 Å². The molecule has 5 heteroatoms. The molecule has 0 rings (SSSR count). The molecule has 0 aliphatic carbocycles. The van der Waals surface area contributed by atoms with Gasteiger partial charge >= 0.3 is 5.97 Å². The van der Waals surface area contributed by atoms with Crippen molar-refractivity contribution in [3.8, 4) is 0 Å². The number of carbonyl (C=O) groups excluding carboxylic acids is 1. The second-order valence-corrected chi connectivity index (χ2v) is 3.91. The summed E-state index contributed by atoms with van der Waals surface area (Å²) in [4.78, 5) is 23.3. The molecule has 0 aromatic rings. The van der Waals surface area contributed by atoms with Crippen LogP contribution in [0.4, 0.5) is 0 Å². The summed E-state index contributed by atoms with van der Waals surface area (Å²) in [6.07, 6.45) is 4.44. The molecule has 0 radical (unpaired) electrons. The highest BCUT2D eigenvalue weighted by Gasteiger charge is 2.09. The van der Waals surface area contributed by atoms with Crippen LogP contribution in [0.1, 0.15) is 38.5 Å². The van der Waals surface area contributed by atoms with Gasteiger partial charge in [0, 0.05) is 20.0 Å². The van der Waals surface area contributed by atoms with Crippen LogP contribution in [0.3, 0.4) is 0 Å². The first kappa shape index (κ1) is 14.9. The predicted molar refractivity (Wildman–Crippen MR) is 62.0 cm³/mol. The molecule has 94 valence electrons. The van der Waals surface area contributed by atoms with E-state index in [4.69, 9.17) is 10.8 Å². The molecule has 5 nitrogen and oxygen atoms in total. The molecule has 0 heterocycles. The highest BCUT2D eigenvalue weighted by atomic mass is 16.4. The molecular formula is C11H22N2O3. The minimum absolute atomic E-state index is 0.00934. The highest BCUT2D eigenvalue weighted by molar-refractivity contribution is 5.76. The van der Waals surface area contributed by atoms with Crippen molar-refractivity contribution >= 4 is 11.9 Å². The van der Waals surface area contributed by atoms with Crippen LogP contribution in [-0.4, -0.2) is 42.0 Å². The van der Waals surface area contributed by atoms with Gasteiger partial charge in [-0.05, 0) is 19.4 Å². The van der Waals surface area contributed by atoms with Crippen LogP contribution in [0.15, 0.2) is 0 Å². The van der Waals surface area contributed by atoms with E-state index in [2.05, 4.69) is 0 Å². The first-order valence-corrected chi connectivity index (χ1v) is 5.73. The van der Waals surface area contributed by atoms with Gasteiger partial charge in [0.05, 0.1) is 6.42 Å². The fourth-order valence-electron chi connectivity index (χ4n) is 1.35. The van der Waals surface area contributed by atoms with Gasteiger partial charge in [0.15, 0.2) is 0 Å². The Morgan fingerprint density at radius 2 is 1.75 bits per heavy atom. The fraction of sp³-hybridized carbons (Fsp3) is 0.818. The van der Waals surface area contributed by atoms with Gasteiger partial charge in [0.2, 0.25) is 5.91 Å². The summed E-state index contributed by atoms with van der Waals surface area (Å²) in [5, 5.41) is 8.47. The summed E-state index contributed by atoms with van der Waals surface area (Å²) in [5.41, 5.74) is 5.36. The van der Waals surface area contributed by atoms with E-state index in [0.29, 0.717) is 13.0 Å². The molecule has 0 unspecified atom stereocenters. The average molecular weight is 230 g/mol. The topological polar surface area (TPSA) is 83.6 Å². The van der Waals surface area contributed by atoms with Crippen molar-refractivity contribution in [2.24, 2.45) is 5.73 Å².